The van der Waals surface area contributed by atoms with Gasteiger partial charge in [0.2, 0.25) is 0 Å². The zero-order valence-electron chi connectivity index (χ0n) is 10.2. The normalized spacial score (nSPS) is 13.9. The molecule has 0 aliphatic rings. The average molecular weight is 301 g/mol. The molecule has 1 unspecified atom stereocenters. The zero-order valence-corrected chi connectivity index (χ0v) is 11.7. The summed E-state index contributed by atoms with van der Waals surface area (Å²) in [5, 5.41) is 2.54. The number of halogens is 1. The molecule has 94 valence electrons. The van der Waals surface area contributed by atoms with Crippen LogP contribution in [0.3, 0.4) is 0 Å². The molecule has 0 aliphatic heterocycles. The molecular formula is C12H17BrN2O2. The molecule has 5 heteroatoms. The third-order valence-corrected chi connectivity index (χ3v) is 2.88. The first kappa shape index (κ1) is 14.0. The quantitative estimate of drug-likeness (QED) is 0.894. The van der Waals surface area contributed by atoms with Crippen LogP contribution in [0.25, 0.3) is 0 Å². The molecule has 0 saturated carbocycles. The maximum Gasteiger partial charge on any atom is 0.260 e. The largest absolute Gasteiger partial charge is 0.481 e. The number of benzene rings is 1. The highest BCUT2D eigenvalue weighted by Gasteiger charge is 2.16. The number of amides is 1. The van der Waals surface area contributed by atoms with E-state index in [1.165, 1.54) is 0 Å². The number of nitrogens with one attached hydrogen (secondary N) is 1. The van der Waals surface area contributed by atoms with Crippen molar-refractivity contribution in [3.8, 4) is 5.75 Å². The van der Waals surface area contributed by atoms with Crippen LogP contribution < -0.4 is 15.8 Å². The second-order valence-corrected chi connectivity index (χ2v) is 4.76. The van der Waals surface area contributed by atoms with Crippen molar-refractivity contribution in [2.75, 3.05) is 7.05 Å². The molecule has 2 atom stereocenters. The Morgan fingerprint density at radius 3 is 2.65 bits per heavy atom. The van der Waals surface area contributed by atoms with Gasteiger partial charge in [0.25, 0.3) is 5.91 Å². The Morgan fingerprint density at radius 1 is 1.47 bits per heavy atom. The van der Waals surface area contributed by atoms with E-state index in [2.05, 4.69) is 21.2 Å². The lowest BCUT2D eigenvalue weighted by molar-refractivity contribution is -0.126. The topological polar surface area (TPSA) is 64.3 Å². The van der Waals surface area contributed by atoms with E-state index in [9.17, 15) is 4.79 Å². The van der Waals surface area contributed by atoms with Crippen LogP contribution in [0.1, 0.15) is 25.5 Å². The van der Waals surface area contributed by atoms with Gasteiger partial charge in [0.15, 0.2) is 6.10 Å². The van der Waals surface area contributed by atoms with Crippen LogP contribution in [0.15, 0.2) is 22.7 Å². The third-order valence-electron chi connectivity index (χ3n) is 2.39. The molecule has 1 rings (SSSR count). The number of carbonyl (C=O) groups excluding carboxylic acids is 1. The molecule has 1 aromatic rings. The molecule has 1 aromatic carbocycles. The van der Waals surface area contributed by atoms with Crippen molar-refractivity contribution < 1.29 is 9.53 Å². The van der Waals surface area contributed by atoms with Crippen LogP contribution in [0.2, 0.25) is 0 Å². The monoisotopic (exact) mass is 300 g/mol. The molecule has 0 bridgehead atoms. The molecule has 1 amide bonds. The fraction of sp³-hybridized carbons (Fsp3) is 0.417. The Bertz CT molecular complexity index is 407. The predicted molar refractivity (Wildman–Crippen MR) is 70.9 cm³/mol. The van der Waals surface area contributed by atoms with E-state index >= 15 is 0 Å². The molecule has 0 spiro atoms. The molecule has 3 N–H and O–H groups in total. The van der Waals surface area contributed by atoms with Crippen LogP contribution >= 0.6 is 15.9 Å². The Balaban J connectivity index is 2.96. The lowest BCUT2D eigenvalue weighted by Crippen LogP contribution is -2.34. The molecule has 4 nitrogen and oxygen atoms in total. The smallest absolute Gasteiger partial charge is 0.260 e. The summed E-state index contributed by atoms with van der Waals surface area (Å²) in [6.45, 7) is 3.57. The first-order chi connectivity index (χ1) is 7.95. The van der Waals surface area contributed by atoms with Crippen LogP contribution in [0, 0.1) is 0 Å². The molecule has 0 saturated heterocycles. The van der Waals surface area contributed by atoms with Gasteiger partial charge in [-0.2, -0.15) is 0 Å². The zero-order chi connectivity index (χ0) is 13.0. The van der Waals surface area contributed by atoms with E-state index in [4.69, 9.17) is 10.5 Å². The van der Waals surface area contributed by atoms with Crippen molar-refractivity contribution >= 4 is 21.8 Å². The Hall–Kier alpha value is -1.07. The summed E-state index contributed by atoms with van der Waals surface area (Å²) < 4.78 is 6.51. The van der Waals surface area contributed by atoms with Gasteiger partial charge in [-0.25, -0.2) is 0 Å². The van der Waals surface area contributed by atoms with Gasteiger partial charge in [0.05, 0.1) is 0 Å². The fourth-order valence-electron chi connectivity index (χ4n) is 1.43. The van der Waals surface area contributed by atoms with Crippen LogP contribution in [0.5, 0.6) is 5.75 Å². The van der Waals surface area contributed by atoms with Gasteiger partial charge < -0.3 is 15.8 Å². The van der Waals surface area contributed by atoms with Gasteiger partial charge in [0, 0.05) is 23.1 Å². The van der Waals surface area contributed by atoms with Crippen molar-refractivity contribution in [1.29, 1.82) is 0 Å². The molecule has 0 heterocycles. The third kappa shape index (κ3) is 3.71. The maximum atomic E-state index is 11.4. The standard InChI is InChI=1S/C12H17BrN2O2/c1-7(14)10-5-4-9(13)6-11(10)17-8(2)12(16)15-3/h4-8H,14H2,1-3H3,(H,15,16)/t7-,8?/m1/s1. The lowest BCUT2D eigenvalue weighted by Gasteiger charge is -2.18. The van der Waals surface area contributed by atoms with Crippen LogP contribution in [-0.4, -0.2) is 19.1 Å². The highest BCUT2D eigenvalue weighted by molar-refractivity contribution is 9.10. The second-order valence-electron chi connectivity index (χ2n) is 3.85. The molecule has 0 aliphatic carbocycles. The SMILES string of the molecule is CNC(=O)C(C)Oc1cc(Br)ccc1[C@@H](C)N. The van der Waals surface area contributed by atoms with Crippen molar-refractivity contribution in [2.24, 2.45) is 5.73 Å². The molecule has 17 heavy (non-hydrogen) atoms. The number of ether oxygens (including phenoxy) is 1. The number of carbonyl (C=O) groups is 1. The van der Waals surface area contributed by atoms with Crippen molar-refractivity contribution in [1.82, 2.24) is 5.32 Å². The van der Waals surface area contributed by atoms with Crippen molar-refractivity contribution in [2.45, 2.75) is 26.0 Å². The van der Waals surface area contributed by atoms with Crippen molar-refractivity contribution in [3.05, 3.63) is 28.2 Å². The molecule has 0 fully saturated rings. The number of likely N-dealkylation sites (N-methyl/N-ethyl adjacent to an activating group) is 1. The fourth-order valence-corrected chi connectivity index (χ4v) is 1.77. The van der Waals surface area contributed by atoms with Crippen LogP contribution in [0.4, 0.5) is 0 Å². The molecular weight excluding hydrogens is 284 g/mol. The summed E-state index contributed by atoms with van der Waals surface area (Å²) in [5.74, 6) is 0.464. The van der Waals surface area contributed by atoms with Gasteiger partial charge >= 0.3 is 0 Å². The predicted octanol–water partition coefficient (Wildman–Crippen LogP) is 1.98. The maximum absolute atomic E-state index is 11.4. The van der Waals surface area contributed by atoms with Gasteiger partial charge in [-0.3, -0.25) is 4.79 Å². The lowest BCUT2D eigenvalue weighted by atomic mass is 10.1. The van der Waals surface area contributed by atoms with Gasteiger partial charge in [0.1, 0.15) is 5.75 Å². The minimum Gasteiger partial charge on any atom is -0.481 e. The van der Waals surface area contributed by atoms with E-state index in [1.54, 1.807) is 14.0 Å². The summed E-state index contributed by atoms with van der Waals surface area (Å²) >= 11 is 3.37. The minimum atomic E-state index is -0.549. The van der Waals surface area contributed by atoms with E-state index in [1.807, 2.05) is 25.1 Å². The summed E-state index contributed by atoms with van der Waals surface area (Å²) in [6.07, 6.45) is -0.549. The number of hydrogen-bond donors (Lipinski definition) is 2. The first-order valence-corrected chi connectivity index (χ1v) is 6.18. The van der Waals surface area contributed by atoms with Gasteiger partial charge in [-0.05, 0) is 26.0 Å². The van der Waals surface area contributed by atoms with E-state index < -0.39 is 6.10 Å². The molecule has 0 radical (unpaired) electrons. The second kappa shape index (κ2) is 6.02. The van der Waals surface area contributed by atoms with E-state index in [0.717, 1.165) is 10.0 Å². The highest BCUT2D eigenvalue weighted by Crippen LogP contribution is 2.28. The number of hydrogen-bond acceptors (Lipinski definition) is 3. The first-order valence-electron chi connectivity index (χ1n) is 5.39. The van der Waals surface area contributed by atoms with Gasteiger partial charge in [-0.1, -0.05) is 22.0 Å². The highest BCUT2D eigenvalue weighted by atomic mass is 79.9. The Kier molecular flexibility index (Phi) is 4.96. The van der Waals surface area contributed by atoms with Crippen LogP contribution in [-0.2, 0) is 4.79 Å². The summed E-state index contributed by atoms with van der Waals surface area (Å²) in [7, 11) is 1.58. The summed E-state index contributed by atoms with van der Waals surface area (Å²) in [4.78, 5) is 11.4. The Labute approximate surface area is 110 Å². The summed E-state index contributed by atoms with van der Waals surface area (Å²) in [6, 6.07) is 5.46. The molecule has 0 aromatic heterocycles. The number of nitrogens with two attached hydrogens (primary N) is 1. The van der Waals surface area contributed by atoms with E-state index in [0.29, 0.717) is 5.75 Å². The number of rotatable bonds is 4. The summed E-state index contributed by atoms with van der Waals surface area (Å²) in [5.41, 5.74) is 6.73. The average Bonchev–Trinajstić information content (AvgIpc) is 2.27. The minimum absolute atomic E-state index is 0.144. The van der Waals surface area contributed by atoms with E-state index in [-0.39, 0.29) is 11.9 Å². The Morgan fingerprint density at radius 2 is 2.12 bits per heavy atom. The van der Waals surface area contributed by atoms with Crippen molar-refractivity contribution in [3.63, 3.8) is 0 Å². The van der Waals surface area contributed by atoms with Gasteiger partial charge in [-0.15, -0.1) is 0 Å².